The molecule has 0 fully saturated rings. The van der Waals surface area contributed by atoms with Gasteiger partial charge in [0.1, 0.15) is 6.04 Å². The maximum absolute atomic E-state index is 11.8. The predicted molar refractivity (Wildman–Crippen MR) is 74.8 cm³/mol. The van der Waals surface area contributed by atoms with Crippen molar-refractivity contribution in [2.24, 2.45) is 0 Å². The van der Waals surface area contributed by atoms with Crippen LogP contribution in [0, 0.1) is 0 Å². The van der Waals surface area contributed by atoms with E-state index in [0.29, 0.717) is 24.5 Å². The Bertz CT molecular complexity index is 447. The number of hydrogen-bond donors (Lipinski definition) is 3. The molecular formula is C13H20N4O3. The van der Waals surface area contributed by atoms with E-state index in [0.717, 1.165) is 0 Å². The van der Waals surface area contributed by atoms with E-state index in [2.05, 4.69) is 15.6 Å². The third kappa shape index (κ3) is 5.66. The zero-order valence-electron chi connectivity index (χ0n) is 11.7. The summed E-state index contributed by atoms with van der Waals surface area (Å²) in [4.78, 5) is 27.4. The first-order chi connectivity index (χ1) is 9.52. The van der Waals surface area contributed by atoms with Gasteiger partial charge in [-0.25, -0.2) is 0 Å². The lowest BCUT2D eigenvalue weighted by molar-refractivity contribution is -0.128. The molecule has 0 saturated carbocycles. The first-order valence-corrected chi connectivity index (χ1v) is 6.29. The van der Waals surface area contributed by atoms with Crippen LogP contribution in [0.3, 0.4) is 0 Å². The summed E-state index contributed by atoms with van der Waals surface area (Å²) in [6, 6.07) is 2.75. The minimum atomic E-state index is -0.604. The monoisotopic (exact) mass is 280 g/mol. The van der Waals surface area contributed by atoms with E-state index in [1.54, 1.807) is 26.2 Å². The number of carbonyl (C=O) groups is 2. The molecule has 1 aromatic heterocycles. The van der Waals surface area contributed by atoms with Gasteiger partial charge in [0.2, 0.25) is 11.8 Å². The fraction of sp³-hybridized carbons (Fsp3) is 0.462. The molecular weight excluding hydrogens is 260 g/mol. The Morgan fingerprint density at radius 3 is 2.80 bits per heavy atom. The first kappa shape index (κ1) is 15.9. The summed E-state index contributed by atoms with van der Waals surface area (Å²) in [5.74, 6) is -0.516. The van der Waals surface area contributed by atoms with Gasteiger partial charge in [-0.05, 0) is 19.1 Å². The van der Waals surface area contributed by atoms with Gasteiger partial charge in [0.25, 0.3) is 0 Å². The molecule has 1 aromatic rings. The second-order valence-corrected chi connectivity index (χ2v) is 4.33. The second kappa shape index (κ2) is 8.11. The third-order valence-corrected chi connectivity index (χ3v) is 2.57. The van der Waals surface area contributed by atoms with Crippen LogP contribution in [0.2, 0.25) is 0 Å². The number of nitrogens with zero attached hydrogens (tertiary/aromatic N) is 1. The largest absolute Gasteiger partial charge is 0.397 e. The SMILES string of the molecule is COCCNC(=O)C(C)NC(=O)Cc1ccc(N)cn1. The standard InChI is InChI=1S/C13H20N4O3/c1-9(13(19)15-5-6-20-2)17-12(18)7-11-4-3-10(14)8-16-11/h3-4,8-9H,5-7,14H2,1-2H3,(H,15,19)(H,17,18). The molecule has 0 bridgehead atoms. The highest BCUT2D eigenvalue weighted by Gasteiger charge is 2.15. The van der Waals surface area contributed by atoms with Crippen LogP contribution < -0.4 is 16.4 Å². The number of anilines is 1. The highest BCUT2D eigenvalue weighted by molar-refractivity contribution is 5.87. The smallest absolute Gasteiger partial charge is 0.242 e. The summed E-state index contributed by atoms with van der Waals surface area (Å²) in [5, 5.41) is 5.26. The number of nitrogen functional groups attached to an aromatic ring is 1. The highest BCUT2D eigenvalue weighted by Crippen LogP contribution is 2.01. The summed E-state index contributed by atoms with van der Waals surface area (Å²) in [7, 11) is 1.55. The van der Waals surface area contributed by atoms with Crippen molar-refractivity contribution in [3.63, 3.8) is 0 Å². The van der Waals surface area contributed by atoms with E-state index in [-0.39, 0.29) is 18.2 Å². The fourth-order valence-electron chi connectivity index (χ4n) is 1.49. The molecule has 0 radical (unpaired) electrons. The maximum atomic E-state index is 11.8. The molecule has 0 spiro atoms. The molecule has 4 N–H and O–H groups in total. The molecule has 0 aromatic carbocycles. The van der Waals surface area contributed by atoms with Gasteiger partial charge in [-0.2, -0.15) is 0 Å². The van der Waals surface area contributed by atoms with Crippen molar-refractivity contribution in [1.82, 2.24) is 15.6 Å². The number of pyridine rings is 1. The second-order valence-electron chi connectivity index (χ2n) is 4.33. The highest BCUT2D eigenvalue weighted by atomic mass is 16.5. The van der Waals surface area contributed by atoms with Crippen LogP contribution in [-0.2, 0) is 20.7 Å². The number of ether oxygens (including phenoxy) is 1. The normalized spacial score (nSPS) is 11.7. The van der Waals surface area contributed by atoms with E-state index >= 15 is 0 Å². The number of aromatic nitrogens is 1. The van der Waals surface area contributed by atoms with E-state index in [1.807, 2.05) is 0 Å². The van der Waals surface area contributed by atoms with Gasteiger partial charge in [-0.3, -0.25) is 14.6 Å². The fourth-order valence-corrected chi connectivity index (χ4v) is 1.49. The van der Waals surface area contributed by atoms with Crippen LogP contribution >= 0.6 is 0 Å². The molecule has 0 aliphatic rings. The average Bonchev–Trinajstić information content (AvgIpc) is 2.41. The molecule has 110 valence electrons. The summed E-state index contributed by atoms with van der Waals surface area (Å²) < 4.78 is 4.82. The quantitative estimate of drug-likeness (QED) is 0.582. The predicted octanol–water partition coefficient (Wildman–Crippen LogP) is -0.526. The van der Waals surface area contributed by atoms with Gasteiger partial charge in [-0.1, -0.05) is 0 Å². The van der Waals surface area contributed by atoms with E-state index in [4.69, 9.17) is 10.5 Å². The number of nitrogens with two attached hydrogens (primary N) is 1. The van der Waals surface area contributed by atoms with Crippen LogP contribution in [0.1, 0.15) is 12.6 Å². The third-order valence-electron chi connectivity index (χ3n) is 2.57. The van der Waals surface area contributed by atoms with E-state index in [1.165, 1.54) is 6.20 Å². The summed E-state index contributed by atoms with van der Waals surface area (Å²) in [6.45, 7) is 2.47. The zero-order valence-corrected chi connectivity index (χ0v) is 11.7. The van der Waals surface area contributed by atoms with Crippen LogP contribution in [0.15, 0.2) is 18.3 Å². The number of rotatable bonds is 7. The molecule has 7 heteroatoms. The Morgan fingerprint density at radius 1 is 1.45 bits per heavy atom. The topological polar surface area (TPSA) is 106 Å². The Hall–Kier alpha value is -2.15. The number of carbonyl (C=O) groups excluding carboxylic acids is 2. The lowest BCUT2D eigenvalue weighted by atomic mass is 10.2. The van der Waals surface area contributed by atoms with Gasteiger partial charge in [0, 0.05) is 19.3 Å². The molecule has 0 aliphatic carbocycles. The van der Waals surface area contributed by atoms with Gasteiger partial charge in [0.15, 0.2) is 0 Å². The molecule has 1 atom stereocenters. The van der Waals surface area contributed by atoms with E-state index < -0.39 is 6.04 Å². The molecule has 1 rings (SSSR count). The Morgan fingerprint density at radius 2 is 2.20 bits per heavy atom. The van der Waals surface area contributed by atoms with Crippen molar-refractivity contribution in [3.8, 4) is 0 Å². The molecule has 1 unspecified atom stereocenters. The molecule has 7 nitrogen and oxygen atoms in total. The molecule has 1 heterocycles. The number of amides is 2. The Balaban J connectivity index is 2.37. The lowest BCUT2D eigenvalue weighted by Crippen LogP contribution is -2.46. The van der Waals surface area contributed by atoms with Crippen molar-refractivity contribution < 1.29 is 14.3 Å². The molecule has 20 heavy (non-hydrogen) atoms. The van der Waals surface area contributed by atoms with Gasteiger partial charge in [0.05, 0.1) is 24.9 Å². The molecule has 2 amide bonds. The Labute approximate surface area is 117 Å². The zero-order chi connectivity index (χ0) is 15.0. The summed E-state index contributed by atoms with van der Waals surface area (Å²) >= 11 is 0. The summed E-state index contributed by atoms with van der Waals surface area (Å²) in [5.41, 5.74) is 6.65. The average molecular weight is 280 g/mol. The minimum absolute atomic E-state index is 0.107. The number of nitrogens with one attached hydrogen (secondary N) is 2. The number of methoxy groups -OCH3 is 1. The van der Waals surface area contributed by atoms with Crippen molar-refractivity contribution >= 4 is 17.5 Å². The lowest BCUT2D eigenvalue weighted by Gasteiger charge is -2.13. The van der Waals surface area contributed by atoms with Crippen LogP contribution in [0.5, 0.6) is 0 Å². The van der Waals surface area contributed by atoms with Gasteiger partial charge < -0.3 is 21.1 Å². The van der Waals surface area contributed by atoms with Gasteiger partial charge >= 0.3 is 0 Å². The van der Waals surface area contributed by atoms with Gasteiger partial charge in [-0.15, -0.1) is 0 Å². The maximum Gasteiger partial charge on any atom is 0.242 e. The molecule has 0 aliphatic heterocycles. The van der Waals surface area contributed by atoms with Crippen LogP contribution in [-0.4, -0.2) is 43.1 Å². The van der Waals surface area contributed by atoms with Crippen LogP contribution in [0.4, 0.5) is 5.69 Å². The van der Waals surface area contributed by atoms with Crippen molar-refractivity contribution in [2.45, 2.75) is 19.4 Å². The van der Waals surface area contributed by atoms with Crippen molar-refractivity contribution in [2.75, 3.05) is 26.0 Å². The minimum Gasteiger partial charge on any atom is -0.397 e. The Kier molecular flexibility index (Phi) is 6.45. The van der Waals surface area contributed by atoms with Crippen molar-refractivity contribution in [3.05, 3.63) is 24.0 Å². The number of hydrogen-bond acceptors (Lipinski definition) is 5. The van der Waals surface area contributed by atoms with Crippen molar-refractivity contribution in [1.29, 1.82) is 0 Å². The van der Waals surface area contributed by atoms with E-state index in [9.17, 15) is 9.59 Å². The molecule has 0 saturated heterocycles. The van der Waals surface area contributed by atoms with Crippen LogP contribution in [0.25, 0.3) is 0 Å². The first-order valence-electron chi connectivity index (χ1n) is 6.29. The summed E-state index contributed by atoms with van der Waals surface area (Å²) in [6.07, 6.45) is 1.60.